The largest absolute Gasteiger partial charge is 0.206 e. The van der Waals surface area contributed by atoms with E-state index >= 15 is 4.39 Å². The molecule has 0 spiro atoms. The molecule has 0 saturated carbocycles. The van der Waals surface area contributed by atoms with Crippen LogP contribution in [-0.4, -0.2) is 0 Å². The fraction of sp³-hybridized carbons (Fsp3) is 0.120. The highest BCUT2D eigenvalue weighted by Gasteiger charge is 2.16. The van der Waals surface area contributed by atoms with Gasteiger partial charge in [0, 0.05) is 10.9 Å². The van der Waals surface area contributed by atoms with E-state index in [0.717, 1.165) is 36.1 Å². The Morgan fingerprint density at radius 3 is 1.93 bits per heavy atom. The van der Waals surface area contributed by atoms with Gasteiger partial charge in [0.1, 0.15) is 5.82 Å². The second-order valence-electron chi connectivity index (χ2n) is 7.06. The Balaban J connectivity index is 1.76. The van der Waals surface area contributed by atoms with Gasteiger partial charge in [-0.3, -0.25) is 0 Å². The van der Waals surface area contributed by atoms with Crippen molar-refractivity contribution >= 4 is 10.8 Å². The third kappa shape index (κ3) is 3.63. The summed E-state index contributed by atoms with van der Waals surface area (Å²) in [4.78, 5) is 0. The third-order valence-corrected chi connectivity index (χ3v) is 5.07. The number of rotatable bonds is 4. The fourth-order valence-electron chi connectivity index (χ4n) is 3.56. The van der Waals surface area contributed by atoms with E-state index in [0.29, 0.717) is 10.8 Å². The van der Waals surface area contributed by atoms with E-state index in [4.69, 9.17) is 0 Å². The summed E-state index contributed by atoms with van der Waals surface area (Å²) in [6.07, 6.45) is 2.11. The van der Waals surface area contributed by atoms with E-state index in [1.165, 1.54) is 11.6 Å². The lowest BCUT2D eigenvalue weighted by Crippen LogP contribution is -1.94. The van der Waals surface area contributed by atoms with Crippen LogP contribution >= 0.6 is 0 Å². The molecule has 0 N–H and O–H groups in total. The minimum atomic E-state index is -1.57. The average molecular weight is 394 g/mol. The molecule has 0 aromatic heterocycles. The number of fused-ring (bicyclic) bond motifs is 1. The monoisotopic (exact) mass is 394 g/mol. The molecule has 4 aromatic carbocycles. The summed E-state index contributed by atoms with van der Waals surface area (Å²) < 4.78 is 55.4. The molecule has 4 rings (SSSR count). The molecule has 0 aliphatic heterocycles. The van der Waals surface area contributed by atoms with Crippen LogP contribution in [-0.2, 0) is 6.42 Å². The number of hydrogen-bond donors (Lipinski definition) is 0. The molecule has 0 aliphatic carbocycles. The van der Waals surface area contributed by atoms with Crippen LogP contribution in [0.3, 0.4) is 0 Å². The first-order valence-corrected chi connectivity index (χ1v) is 9.44. The minimum absolute atomic E-state index is 0.0203. The van der Waals surface area contributed by atoms with Crippen molar-refractivity contribution in [1.82, 2.24) is 0 Å². The molecule has 0 saturated heterocycles. The normalized spacial score (nSPS) is 11.2. The first-order valence-electron chi connectivity index (χ1n) is 9.44. The lowest BCUT2D eigenvalue weighted by molar-refractivity contribution is 0.447. The maximum Gasteiger partial charge on any atom is 0.194 e. The van der Waals surface area contributed by atoms with Gasteiger partial charge in [-0.2, -0.15) is 0 Å². The summed E-state index contributed by atoms with van der Waals surface area (Å²) in [5, 5.41) is 1.00. The lowest BCUT2D eigenvalue weighted by atomic mass is 9.96. The van der Waals surface area contributed by atoms with Gasteiger partial charge < -0.3 is 0 Å². The van der Waals surface area contributed by atoms with Gasteiger partial charge in [-0.15, -0.1) is 0 Å². The predicted octanol–water partition coefficient (Wildman–Crippen LogP) is 7.68. The standard InChI is InChI=1S/C25H18F4/c1-2-3-15-4-6-16(7-5-15)17-8-10-20-18(12-17)9-11-21(24(20)28)19-13-22(26)25(29)23(27)14-19/h4-14H,2-3H2,1H3. The molecule has 0 amide bonds. The van der Waals surface area contributed by atoms with Crippen molar-refractivity contribution in [3.05, 3.63) is 95.6 Å². The second kappa shape index (κ2) is 7.70. The van der Waals surface area contributed by atoms with Gasteiger partial charge in [-0.05, 0) is 52.3 Å². The SMILES string of the molecule is CCCc1ccc(-c2ccc3c(F)c(-c4cc(F)c(F)c(F)c4)ccc3c2)cc1. The first kappa shape index (κ1) is 19.2. The Hall–Kier alpha value is -3.14. The summed E-state index contributed by atoms with van der Waals surface area (Å²) in [7, 11) is 0. The molecule has 4 heteroatoms. The van der Waals surface area contributed by atoms with Gasteiger partial charge >= 0.3 is 0 Å². The van der Waals surface area contributed by atoms with Crippen molar-refractivity contribution in [3.8, 4) is 22.3 Å². The zero-order valence-corrected chi connectivity index (χ0v) is 15.8. The average Bonchev–Trinajstić information content (AvgIpc) is 2.72. The minimum Gasteiger partial charge on any atom is -0.206 e. The Morgan fingerprint density at radius 1 is 0.621 bits per heavy atom. The van der Waals surface area contributed by atoms with Crippen LogP contribution in [0.1, 0.15) is 18.9 Å². The van der Waals surface area contributed by atoms with Crippen molar-refractivity contribution < 1.29 is 17.6 Å². The van der Waals surface area contributed by atoms with E-state index in [9.17, 15) is 13.2 Å². The molecular weight excluding hydrogens is 376 g/mol. The molecule has 0 atom stereocenters. The van der Waals surface area contributed by atoms with E-state index < -0.39 is 23.3 Å². The maximum absolute atomic E-state index is 15.1. The quantitative estimate of drug-likeness (QED) is 0.246. The number of benzene rings is 4. The predicted molar refractivity (Wildman–Crippen MR) is 109 cm³/mol. The van der Waals surface area contributed by atoms with Crippen molar-refractivity contribution in [1.29, 1.82) is 0 Å². The van der Waals surface area contributed by atoms with Gasteiger partial charge in [0.2, 0.25) is 0 Å². The zero-order valence-electron chi connectivity index (χ0n) is 15.8. The van der Waals surface area contributed by atoms with Crippen LogP contribution in [0.5, 0.6) is 0 Å². The molecule has 0 radical (unpaired) electrons. The van der Waals surface area contributed by atoms with Gasteiger partial charge in [-0.1, -0.05) is 61.9 Å². The summed E-state index contributed by atoms with van der Waals surface area (Å²) in [5.74, 6) is -4.86. The van der Waals surface area contributed by atoms with Gasteiger partial charge in [0.25, 0.3) is 0 Å². The molecule has 0 heterocycles. The van der Waals surface area contributed by atoms with Crippen molar-refractivity contribution in [3.63, 3.8) is 0 Å². The van der Waals surface area contributed by atoms with Gasteiger partial charge in [0.15, 0.2) is 17.5 Å². The molecule has 0 bridgehead atoms. The number of aryl methyl sites for hydroxylation is 1. The molecule has 0 fully saturated rings. The van der Waals surface area contributed by atoms with E-state index in [-0.39, 0.29) is 11.1 Å². The molecular formula is C25H18F4. The second-order valence-corrected chi connectivity index (χ2v) is 7.06. The topological polar surface area (TPSA) is 0 Å². The van der Waals surface area contributed by atoms with Crippen LogP contribution in [0.25, 0.3) is 33.0 Å². The van der Waals surface area contributed by atoms with Crippen molar-refractivity contribution in [2.24, 2.45) is 0 Å². The smallest absolute Gasteiger partial charge is 0.194 e. The Labute approximate surface area is 166 Å². The Morgan fingerprint density at radius 2 is 1.28 bits per heavy atom. The van der Waals surface area contributed by atoms with Gasteiger partial charge in [0.05, 0.1) is 0 Å². The highest BCUT2D eigenvalue weighted by atomic mass is 19.2. The van der Waals surface area contributed by atoms with Gasteiger partial charge in [-0.25, -0.2) is 17.6 Å². The zero-order chi connectivity index (χ0) is 20.5. The summed E-state index contributed by atoms with van der Waals surface area (Å²) >= 11 is 0. The first-order chi connectivity index (χ1) is 14.0. The summed E-state index contributed by atoms with van der Waals surface area (Å²) in [6, 6.07) is 18.4. The number of halogens is 4. The molecule has 29 heavy (non-hydrogen) atoms. The highest BCUT2D eigenvalue weighted by molar-refractivity contribution is 5.91. The Bertz CT molecular complexity index is 1170. The molecule has 0 aliphatic rings. The van der Waals surface area contributed by atoms with E-state index in [2.05, 4.69) is 19.1 Å². The molecule has 0 unspecified atom stereocenters. The molecule has 4 aromatic rings. The molecule has 146 valence electrons. The summed E-state index contributed by atoms with van der Waals surface area (Å²) in [6.45, 7) is 2.13. The van der Waals surface area contributed by atoms with Crippen LogP contribution in [0.4, 0.5) is 17.6 Å². The molecule has 0 nitrogen and oxygen atoms in total. The lowest BCUT2D eigenvalue weighted by Gasteiger charge is -2.10. The maximum atomic E-state index is 15.1. The Kier molecular flexibility index (Phi) is 5.10. The third-order valence-electron chi connectivity index (χ3n) is 5.07. The van der Waals surface area contributed by atoms with Crippen LogP contribution in [0, 0.1) is 23.3 Å². The highest BCUT2D eigenvalue weighted by Crippen LogP contribution is 2.33. The summed E-state index contributed by atoms with van der Waals surface area (Å²) in [5.41, 5.74) is 3.22. The van der Waals surface area contributed by atoms with Crippen LogP contribution < -0.4 is 0 Å². The van der Waals surface area contributed by atoms with E-state index in [1.807, 2.05) is 24.3 Å². The van der Waals surface area contributed by atoms with Crippen LogP contribution in [0.15, 0.2) is 66.7 Å². The van der Waals surface area contributed by atoms with Crippen LogP contribution in [0.2, 0.25) is 0 Å². The van der Waals surface area contributed by atoms with E-state index in [1.54, 1.807) is 12.1 Å². The van der Waals surface area contributed by atoms with Crippen molar-refractivity contribution in [2.75, 3.05) is 0 Å². The fourth-order valence-corrected chi connectivity index (χ4v) is 3.56. The van der Waals surface area contributed by atoms with Crippen molar-refractivity contribution in [2.45, 2.75) is 19.8 Å². The number of hydrogen-bond acceptors (Lipinski definition) is 0.